The predicted molar refractivity (Wildman–Crippen MR) is 182 cm³/mol. The minimum atomic E-state index is -0.145. The van der Waals surface area contributed by atoms with Crippen molar-refractivity contribution in [2.75, 3.05) is 85.2 Å². The molecule has 0 aliphatic carbocycles. The zero-order valence-electron chi connectivity index (χ0n) is 30.1. The molecule has 0 amide bonds. The lowest BCUT2D eigenvalue weighted by molar-refractivity contribution is -0.0773. The van der Waals surface area contributed by atoms with Gasteiger partial charge >= 0.3 is 0 Å². The van der Waals surface area contributed by atoms with Crippen LogP contribution in [-0.2, 0) is 10.2 Å². The van der Waals surface area contributed by atoms with Crippen LogP contribution in [0.5, 0.6) is 5.88 Å². The Morgan fingerprint density at radius 1 is 0.750 bits per heavy atom. The maximum Gasteiger partial charge on any atom is 0.232 e. The molecule has 1 aromatic rings. The molecule has 44 heavy (non-hydrogen) atoms. The first-order chi connectivity index (χ1) is 20.5. The van der Waals surface area contributed by atoms with Gasteiger partial charge in [-0.25, -0.2) is 4.98 Å². The Morgan fingerprint density at radius 3 is 1.98 bits per heavy atom. The Bertz CT molecular complexity index is 995. The van der Waals surface area contributed by atoms with E-state index < -0.39 is 0 Å². The summed E-state index contributed by atoms with van der Waals surface area (Å²) in [5.74, 6) is 2.04. The van der Waals surface area contributed by atoms with Gasteiger partial charge in [0, 0.05) is 82.3 Å². The molecule has 0 aromatic carbocycles. The third-order valence-corrected chi connectivity index (χ3v) is 9.83. The van der Waals surface area contributed by atoms with Gasteiger partial charge in [-0.3, -0.25) is 9.88 Å². The van der Waals surface area contributed by atoms with Crippen molar-refractivity contribution < 1.29 is 9.47 Å². The molecule has 252 valence electrons. The van der Waals surface area contributed by atoms with E-state index >= 15 is 0 Å². The van der Waals surface area contributed by atoms with E-state index in [-0.39, 0.29) is 16.6 Å². The number of ether oxygens (including phenoxy) is 2. The van der Waals surface area contributed by atoms with E-state index in [1.165, 1.54) is 52.1 Å². The zero-order valence-corrected chi connectivity index (χ0v) is 30.1. The molecule has 0 bridgehead atoms. The molecule has 3 aliphatic heterocycles. The third-order valence-electron chi connectivity index (χ3n) is 9.83. The lowest BCUT2D eigenvalue weighted by atomic mass is 9.87. The van der Waals surface area contributed by atoms with Gasteiger partial charge in [-0.2, -0.15) is 0 Å². The van der Waals surface area contributed by atoms with Crippen LogP contribution in [0.1, 0.15) is 94.2 Å². The van der Waals surface area contributed by atoms with Gasteiger partial charge in [0.25, 0.3) is 0 Å². The Kier molecular flexibility index (Phi) is 11.8. The van der Waals surface area contributed by atoms with E-state index in [0.717, 1.165) is 57.4 Å². The largest absolute Gasteiger partial charge is 0.476 e. The minimum Gasteiger partial charge on any atom is -0.476 e. The van der Waals surface area contributed by atoms with Gasteiger partial charge in [0.05, 0.1) is 36.9 Å². The number of rotatable bonds is 15. The Morgan fingerprint density at radius 2 is 1.39 bits per heavy atom. The Labute approximate surface area is 270 Å². The third kappa shape index (κ3) is 11.2. The maximum atomic E-state index is 6.49. The molecular weight excluding hydrogens is 548 g/mol. The summed E-state index contributed by atoms with van der Waals surface area (Å²) in [6.07, 6.45) is 7.29. The summed E-state index contributed by atoms with van der Waals surface area (Å²) in [6, 6.07) is 0. The average molecular weight is 615 g/mol. The van der Waals surface area contributed by atoms with Crippen LogP contribution in [0, 0.1) is 17.3 Å². The molecule has 0 spiro atoms. The van der Waals surface area contributed by atoms with Crippen molar-refractivity contribution in [2.24, 2.45) is 17.3 Å². The van der Waals surface area contributed by atoms with Crippen molar-refractivity contribution in [1.29, 1.82) is 0 Å². The SMILES string of the molecule is CC(C)(C)CCCN1CC(CN2CCN(C(C)(C)CC(C)(C)OCCN3CC(COc4cnc(C(C)(C)C)cn4)C3)CC2)C1. The fourth-order valence-corrected chi connectivity index (χ4v) is 7.31. The molecule has 3 saturated heterocycles. The molecule has 3 fully saturated rings. The lowest BCUT2D eigenvalue weighted by Gasteiger charge is -2.48. The van der Waals surface area contributed by atoms with Crippen molar-refractivity contribution in [3.05, 3.63) is 18.1 Å². The quantitative estimate of drug-likeness (QED) is 0.260. The predicted octanol–water partition coefficient (Wildman–Crippen LogP) is 5.42. The highest BCUT2D eigenvalue weighted by molar-refractivity contribution is 5.13. The van der Waals surface area contributed by atoms with Gasteiger partial charge in [-0.15, -0.1) is 0 Å². The second kappa shape index (κ2) is 14.6. The number of aromatic nitrogens is 2. The lowest BCUT2D eigenvalue weighted by Crippen LogP contribution is -2.59. The summed E-state index contributed by atoms with van der Waals surface area (Å²) in [5.41, 5.74) is 1.44. The minimum absolute atomic E-state index is 0.00581. The molecule has 8 heteroatoms. The number of piperazine rings is 1. The van der Waals surface area contributed by atoms with Crippen LogP contribution in [0.2, 0.25) is 0 Å². The molecule has 0 saturated carbocycles. The van der Waals surface area contributed by atoms with Gasteiger partial charge in [0.15, 0.2) is 0 Å². The average Bonchev–Trinajstić information content (AvgIpc) is 2.86. The van der Waals surface area contributed by atoms with Crippen molar-refractivity contribution in [3.63, 3.8) is 0 Å². The molecule has 3 aliphatic rings. The molecule has 1 aromatic heterocycles. The van der Waals surface area contributed by atoms with E-state index in [0.29, 0.717) is 23.8 Å². The van der Waals surface area contributed by atoms with Crippen molar-refractivity contribution in [1.82, 2.24) is 29.6 Å². The summed E-state index contributed by atoms with van der Waals surface area (Å²) < 4.78 is 12.4. The molecular formula is C36H66N6O2. The van der Waals surface area contributed by atoms with Gasteiger partial charge in [0.1, 0.15) is 0 Å². The molecule has 0 radical (unpaired) electrons. The van der Waals surface area contributed by atoms with Gasteiger partial charge in [-0.05, 0) is 64.8 Å². The van der Waals surface area contributed by atoms with Crippen molar-refractivity contribution >= 4 is 0 Å². The number of likely N-dealkylation sites (tertiary alicyclic amines) is 2. The monoisotopic (exact) mass is 615 g/mol. The van der Waals surface area contributed by atoms with E-state index in [9.17, 15) is 0 Å². The first-order valence-electron chi connectivity index (χ1n) is 17.5. The van der Waals surface area contributed by atoms with Crippen LogP contribution in [0.4, 0.5) is 0 Å². The van der Waals surface area contributed by atoms with Crippen LogP contribution in [-0.4, -0.2) is 126 Å². The highest BCUT2D eigenvalue weighted by Gasteiger charge is 2.37. The molecule has 4 rings (SSSR count). The van der Waals surface area contributed by atoms with Crippen LogP contribution in [0.3, 0.4) is 0 Å². The smallest absolute Gasteiger partial charge is 0.232 e. The second-order valence-electron chi connectivity index (χ2n) is 17.6. The zero-order chi connectivity index (χ0) is 32.2. The molecule has 0 atom stereocenters. The number of hydrogen-bond acceptors (Lipinski definition) is 8. The summed E-state index contributed by atoms with van der Waals surface area (Å²) in [4.78, 5) is 19.5. The van der Waals surface area contributed by atoms with Crippen LogP contribution < -0.4 is 4.74 Å². The fourth-order valence-electron chi connectivity index (χ4n) is 7.31. The number of nitrogens with zero attached hydrogens (tertiary/aromatic N) is 6. The van der Waals surface area contributed by atoms with E-state index in [1.807, 2.05) is 6.20 Å². The normalized spacial score (nSPS) is 21.0. The van der Waals surface area contributed by atoms with E-state index in [1.54, 1.807) is 6.20 Å². The fraction of sp³-hybridized carbons (Fsp3) is 0.889. The Hall–Kier alpha value is -1.32. The van der Waals surface area contributed by atoms with Gasteiger partial charge in [-0.1, -0.05) is 41.5 Å². The van der Waals surface area contributed by atoms with Crippen LogP contribution >= 0.6 is 0 Å². The first kappa shape index (κ1) is 35.5. The van der Waals surface area contributed by atoms with E-state index in [2.05, 4.69) is 98.8 Å². The summed E-state index contributed by atoms with van der Waals surface area (Å²) in [5, 5.41) is 0. The molecule has 0 unspecified atom stereocenters. The van der Waals surface area contributed by atoms with Gasteiger partial charge in [0.2, 0.25) is 5.88 Å². The maximum absolute atomic E-state index is 6.49. The van der Waals surface area contributed by atoms with Crippen molar-refractivity contribution in [2.45, 2.75) is 105 Å². The van der Waals surface area contributed by atoms with E-state index in [4.69, 9.17) is 9.47 Å². The highest BCUT2D eigenvalue weighted by atomic mass is 16.5. The highest BCUT2D eigenvalue weighted by Crippen LogP contribution is 2.30. The topological polar surface area (TPSA) is 57.2 Å². The number of hydrogen-bond donors (Lipinski definition) is 0. The summed E-state index contributed by atoms with van der Waals surface area (Å²) in [7, 11) is 0. The summed E-state index contributed by atoms with van der Waals surface area (Å²) >= 11 is 0. The Balaban J connectivity index is 1.05. The van der Waals surface area contributed by atoms with Crippen LogP contribution in [0.15, 0.2) is 12.4 Å². The standard InChI is InChI=1S/C36H66N6O2/c1-33(2,3)12-11-13-40-23-29(24-40)22-39-14-16-42(17-15-39)35(7,8)28-36(9,10)44-19-18-41-25-30(26-41)27-43-32-21-37-31(20-38-32)34(4,5)6/h20-21,29-30H,11-19,22-28H2,1-10H3. The van der Waals surface area contributed by atoms with Crippen molar-refractivity contribution in [3.8, 4) is 5.88 Å². The second-order valence-corrected chi connectivity index (χ2v) is 17.6. The molecule has 8 nitrogen and oxygen atoms in total. The molecule has 0 N–H and O–H groups in total. The molecule has 4 heterocycles. The van der Waals surface area contributed by atoms with Crippen LogP contribution in [0.25, 0.3) is 0 Å². The first-order valence-corrected chi connectivity index (χ1v) is 17.5. The van der Waals surface area contributed by atoms with Gasteiger partial charge < -0.3 is 24.2 Å². The summed E-state index contributed by atoms with van der Waals surface area (Å²) in [6.45, 7) is 37.3.